The first-order chi connectivity index (χ1) is 34.2. The molecule has 2 saturated heterocycles. The van der Waals surface area contributed by atoms with E-state index < -0.39 is 18.1 Å². The number of amides is 2. The number of piperidine rings is 2. The monoisotopic (exact) mass is 961 g/mol. The van der Waals surface area contributed by atoms with Crippen molar-refractivity contribution < 1.29 is 19.1 Å². The van der Waals surface area contributed by atoms with Gasteiger partial charge < -0.3 is 25.2 Å². The summed E-state index contributed by atoms with van der Waals surface area (Å²) in [6, 6.07) is 19.9. The summed E-state index contributed by atoms with van der Waals surface area (Å²) in [5.74, 6) is -0.693. The molecular weight excluding hydrogens is 902 g/mol. The van der Waals surface area contributed by atoms with Gasteiger partial charge in [-0.05, 0) is 124 Å². The van der Waals surface area contributed by atoms with E-state index in [-0.39, 0.29) is 47.0 Å². The molecule has 2 aromatic carbocycles. The molecule has 2 unspecified atom stereocenters. The fraction of sp³-hybridized carbons (Fsp3) is 0.370. The average molecular weight is 962 g/mol. The highest BCUT2D eigenvalue weighted by atomic mass is 19.1. The van der Waals surface area contributed by atoms with Gasteiger partial charge in [0.05, 0.1) is 34.6 Å². The van der Waals surface area contributed by atoms with Crippen molar-refractivity contribution in [3.05, 3.63) is 152 Å². The summed E-state index contributed by atoms with van der Waals surface area (Å²) in [6.45, 7) is 7.81. The van der Waals surface area contributed by atoms with Crippen LogP contribution in [0.3, 0.4) is 0 Å². The fourth-order valence-electron chi connectivity index (χ4n) is 11.1. The van der Waals surface area contributed by atoms with Crippen molar-refractivity contribution in [3.63, 3.8) is 0 Å². The number of nitrogens with zero attached hydrogens (tertiary/aromatic N) is 9. The van der Waals surface area contributed by atoms with Gasteiger partial charge in [0.1, 0.15) is 17.7 Å². The minimum Gasteiger partial charge on any atom is -0.388 e. The van der Waals surface area contributed by atoms with E-state index in [1.165, 1.54) is 11.0 Å². The fourth-order valence-corrected chi connectivity index (χ4v) is 11.1. The predicted molar refractivity (Wildman–Crippen MR) is 273 cm³/mol. The Labute approximate surface area is 410 Å². The third-order valence-corrected chi connectivity index (χ3v) is 15.2. The molecule has 10 rings (SSSR count). The molecule has 0 spiro atoms. The number of likely N-dealkylation sites (tertiary alicyclic amines) is 1. The van der Waals surface area contributed by atoms with Crippen LogP contribution in [0.25, 0.3) is 33.3 Å². The molecule has 0 saturated carbocycles. The van der Waals surface area contributed by atoms with Crippen LogP contribution in [-0.2, 0) is 25.4 Å². The molecule has 2 fully saturated rings. The number of carbonyl (C=O) groups excluding carboxylic acids is 2. The summed E-state index contributed by atoms with van der Waals surface area (Å²) in [5, 5.41) is 17.0. The molecule has 17 heteroatoms. The number of aliphatic hydroxyl groups excluding tert-OH is 1. The van der Waals surface area contributed by atoms with Gasteiger partial charge in [-0.3, -0.25) is 42.9 Å². The van der Waals surface area contributed by atoms with Gasteiger partial charge in [0, 0.05) is 118 Å². The molecule has 2 amide bonds. The molecule has 368 valence electrons. The number of imidazole rings is 1. The molecule has 3 atom stereocenters. The van der Waals surface area contributed by atoms with Crippen LogP contribution >= 0.6 is 0 Å². The molecule has 7 aromatic rings. The highest BCUT2D eigenvalue weighted by Crippen LogP contribution is 2.35. The van der Waals surface area contributed by atoms with Gasteiger partial charge in [0.15, 0.2) is 0 Å². The summed E-state index contributed by atoms with van der Waals surface area (Å²) in [7, 11) is 7.20. The third-order valence-electron chi connectivity index (χ3n) is 15.2. The Morgan fingerprint density at radius 1 is 0.944 bits per heavy atom. The molecule has 5 aromatic heterocycles. The lowest BCUT2D eigenvalue weighted by molar-refractivity contribution is -0.128. The predicted octanol–water partition coefficient (Wildman–Crippen LogP) is 6.54. The molecule has 71 heavy (non-hydrogen) atoms. The van der Waals surface area contributed by atoms with Crippen molar-refractivity contribution in [2.24, 2.45) is 14.1 Å². The Balaban J connectivity index is 0.753. The number of hydrogen-bond acceptors (Lipinski definition) is 10. The van der Waals surface area contributed by atoms with Crippen molar-refractivity contribution in [3.8, 4) is 5.69 Å². The number of pyridine rings is 3. The zero-order valence-electron chi connectivity index (χ0n) is 41.0. The van der Waals surface area contributed by atoms with E-state index in [0.717, 1.165) is 88.4 Å². The number of hydrogen-bond donors (Lipinski definition) is 3. The number of nitrogens with one attached hydrogen (secondary N) is 2. The Hall–Kier alpha value is -7.21. The molecule has 3 aliphatic heterocycles. The number of fused-ring (bicyclic) bond motifs is 2. The second-order valence-electron chi connectivity index (χ2n) is 19.4. The molecule has 16 nitrogen and oxygen atoms in total. The Bertz CT molecular complexity index is 3340. The first-order valence-electron chi connectivity index (χ1n) is 24.4. The highest BCUT2D eigenvalue weighted by Gasteiger charge is 2.32. The van der Waals surface area contributed by atoms with E-state index in [0.29, 0.717) is 42.7 Å². The lowest BCUT2D eigenvalue weighted by Crippen LogP contribution is -2.47. The van der Waals surface area contributed by atoms with Crippen molar-refractivity contribution >= 4 is 50.8 Å². The number of halogens is 1. The second-order valence-corrected chi connectivity index (χ2v) is 19.4. The summed E-state index contributed by atoms with van der Waals surface area (Å²) in [4.78, 5) is 67.7. The van der Waals surface area contributed by atoms with Crippen molar-refractivity contribution in [1.29, 1.82) is 0 Å². The lowest BCUT2D eigenvalue weighted by atomic mass is 9.92. The highest BCUT2D eigenvalue weighted by molar-refractivity contribution is 6.06. The first-order valence-corrected chi connectivity index (χ1v) is 24.4. The van der Waals surface area contributed by atoms with Crippen LogP contribution in [0.4, 0.5) is 15.8 Å². The van der Waals surface area contributed by atoms with Gasteiger partial charge in [-0.25, -0.2) is 14.2 Å². The molecule has 0 aliphatic carbocycles. The maximum absolute atomic E-state index is 16.1. The smallest absolute Gasteiger partial charge is 0.329 e. The number of aromatic nitrogens is 6. The number of aryl methyl sites for hydroxylation is 3. The minimum absolute atomic E-state index is 0.0126. The number of anilines is 2. The Kier molecular flexibility index (Phi) is 12.8. The van der Waals surface area contributed by atoms with Crippen LogP contribution in [0.15, 0.2) is 101 Å². The van der Waals surface area contributed by atoms with E-state index in [4.69, 9.17) is 4.98 Å². The van der Waals surface area contributed by atoms with Crippen molar-refractivity contribution in [2.45, 2.75) is 76.7 Å². The molecular formula is C54H60FN11O5. The average Bonchev–Trinajstić information content (AvgIpc) is 3.84. The second kappa shape index (κ2) is 19.2. The number of aliphatic hydroxyl groups is 1. The van der Waals surface area contributed by atoms with Gasteiger partial charge in [-0.15, -0.1) is 0 Å². The van der Waals surface area contributed by atoms with Gasteiger partial charge in [0.2, 0.25) is 5.91 Å². The van der Waals surface area contributed by atoms with Gasteiger partial charge in [-0.1, -0.05) is 12.1 Å². The quantitative estimate of drug-likeness (QED) is 0.130. The van der Waals surface area contributed by atoms with Gasteiger partial charge >= 0.3 is 5.69 Å². The topological polar surface area (TPSA) is 168 Å². The molecule has 0 radical (unpaired) electrons. The van der Waals surface area contributed by atoms with Crippen LogP contribution < -0.4 is 26.8 Å². The van der Waals surface area contributed by atoms with Gasteiger partial charge in [-0.2, -0.15) is 0 Å². The van der Waals surface area contributed by atoms with Crippen molar-refractivity contribution in [1.82, 2.24) is 43.4 Å². The lowest BCUT2D eigenvalue weighted by Gasteiger charge is -2.32. The summed E-state index contributed by atoms with van der Waals surface area (Å²) >= 11 is 0. The number of carbonyl (C=O) groups is 2. The van der Waals surface area contributed by atoms with Gasteiger partial charge in [0.25, 0.3) is 11.5 Å². The molecule has 3 N–H and O–H groups in total. The van der Waals surface area contributed by atoms with E-state index in [1.807, 2.05) is 56.4 Å². The van der Waals surface area contributed by atoms with Crippen molar-refractivity contribution in [2.75, 3.05) is 50.5 Å². The summed E-state index contributed by atoms with van der Waals surface area (Å²) in [6.07, 6.45) is 9.32. The van der Waals surface area contributed by atoms with Crippen LogP contribution in [0.5, 0.6) is 0 Å². The minimum atomic E-state index is -1.12. The van der Waals surface area contributed by atoms with Crippen LogP contribution in [0.2, 0.25) is 0 Å². The molecule has 0 bridgehead atoms. The van der Waals surface area contributed by atoms with E-state index in [2.05, 4.69) is 49.1 Å². The van der Waals surface area contributed by atoms with E-state index in [9.17, 15) is 24.3 Å². The largest absolute Gasteiger partial charge is 0.388 e. The maximum atomic E-state index is 16.1. The number of benzene rings is 2. The maximum Gasteiger partial charge on any atom is 0.329 e. The standard InChI is InChI=1S/C54H60FN11O5/c1-32-25-37(27-41(55)50(32)36-16-22-64(23-17-36)33(2)46-29-40-43(13-19-57-51(40)61(46)5)65-24-18-38(56-3)28-49(65)68)53(70)60(4)39-8-9-42(58-30-39)35-14-20-63(21-15-35)31-34-7-10-44-47(26-34)62(6)54(71)66(44)45-11-12-48(67)59-52(45)69/h7-10,13,16,18-19,24-30,33,35,45,52,56,69H,11-12,14-15,17,20-23,31H2,1-6H3,(H,59,67)/t33-,45?,52?/m0/s1. The number of rotatable bonds is 11. The zero-order valence-corrected chi connectivity index (χ0v) is 41.0. The molecule has 3 aliphatic rings. The normalized spacial score (nSPS) is 18.7. The van der Waals surface area contributed by atoms with Crippen LogP contribution in [0.1, 0.15) is 95.5 Å². The summed E-state index contributed by atoms with van der Waals surface area (Å²) < 4.78 is 23.1. The Morgan fingerprint density at radius 3 is 2.44 bits per heavy atom. The molecule has 8 heterocycles. The zero-order chi connectivity index (χ0) is 49.8. The third kappa shape index (κ3) is 8.86. The SMILES string of the molecule is CNc1ccn(-c2ccnc3c2cc([C@H](C)N2CC=C(c4c(C)cc(C(=O)N(C)c5ccc(C6CCN(Cc7ccc8c(c7)n(C)c(=O)n8C7CCC(=O)NC7O)CC6)nc5)cc4F)CC2)n3C)c(=O)c1. The van der Waals surface area contributed by atoms with Crippen LogP contribution in [0, 0.1) is 12.7 Å². The van der Waals surface area contributed by atoms with Crippen LogP contribution in [-0.4, -0.2) is 101 Å². The van der Waals surface area contributed by atoms with E-state index >= 15 is 4.39 Å². The first kappa shape index (κ1) is 47.5. The Morgan fingerprint density at radius 2 is 1.75 bits per heavy atom. The van der Waals surface area contributed by atoms with E-state index in [1.54, 1.807) is 65.6 Å². The summed E-state index contributed by atoms with van der Waals surface area (Å²) in [5.41, 5.74) is 9.64.